The van der Waals surface area contributed by atoms with Crippen LogP contribution < -0.4 is 5.32 Å². The van der Waals surface area contributed by atoms with Gasteiger partial charge in [-0.2, -0.15) is 0 Å². The molecule has 0 fully saturated rings. The topological polar surface area (TPSA) is 57.8 Å². The summed E-state index contributed by atoms with van der Waals surface area (Å²) in [4.78, 5) is 19.5. The summed E-state index contributed by atoms with van der Waals surface area (Å²) < 4.78 is 0. The molecule has 4 nitrogen and oxygen atoms in total. The molecule has 2 aromatic rings. The first kappa shape index (κ1) is 8.96. The highest BCUT2D eigenvalue weighted by molar-refractivity contribution is 7.15. The van der Waals surface area contributed by atoms with Gasteiger partial charge >= 0.3 is 0 Å². The third kappa shape index (κ3) is 1.82. The third-order valence-electron chi connectivity index (χ3n) is 1.75. The summed E-state index contributed by atoms with van der Waals surface area (Å²) in [7, 11) is 0. The van der Waals surface area contributed by atoms with Gasteiger partial charge in [-0.15, -0.1) is 11.3 Å². The third-order valence-corrected chi connectivity index (χ3v) is 2.84. The Labute approximate surface area is 85.0 Å². The Morgan fingerprint density at radius 2 is 2.50 bits per heavy atom. The molecular weight excluding hydrogens is 198 g/mol. The maximum Gasteiger partial charge on any atom is 0.207 e. The van der Waals surface area contributed by atoms with Gasteiger partial charge in [-0.25, -0.2) is 4.98 Å². The molecule has 2 aromatic heterocycles. The first-order valence-corrected chi connectivity index (χ1v) is 4.97. The number of thiophene rings is 1. The van der Waals surface area contributed by atoms with Gasteiger partial charge in [0.05, 0.1) is 11.4 Å². The summed E-state index contributed by atoms with van der Waals surface area (Å²) in [5.74, 6) is 0.868. The molecule has 0 spiro atoms. The van der Waals surface area contributed by atoms with Crippen molar-refractivity contribution >= 4 is 17.7 Å². The van der Waals surface area contributed by atoms with Crippen LogP contribution in [0.1, 0.15) is 4.88 Å². The van der Waals surface area contributed by atoms with Gasteiger partial charge in [0.1, 0.15) is 5.82 Å². The lowest BCUT2D eigenvalue weighted by Crippen LogP contribution is -2.07. The minimum atomic E-state index is 0.578. The van der Waals surface area contributed by atoms with E-state index in [9.17, 15) is 4.79 Å². The smallest absolute Gasteiger partial charge is 0.207 e. The van der Waals surface area contributed by atoms with Crippen molar-refractivity contribution in [3.8, 4) is 10.7 Å². The van der Waals surface area contributed by atoms with Crippen LogP contribution in [0.5, 0.6) is 0 Å². The Bertz CT molecular complexity index is 407. The van der Waals surface area contributed by atoms with Gasteiger partial charge < -0.3 is 10.3 Å². The lowest BCUT2D eigenvalue weighted by atomic mass is 10.4. The molecule has 0 saturated heterocycles. The lowest BCUT2D eigenvalue weighted by molar-refractivity contribution is -0.109. The van der Waals surface area contributed by atoms with E-state index < -0.39 is 0 Å². The largest absolute Gasteiger partial charge is 0.354 e. The lowest BCUT2D eigenvalue weighted by Gasteiger charge is -1.92. The van der Waals surface area contributed by atoms with Crippen LogP contribution in [0, 0.1) is 0 Å². The summed E-state index contributed by atoms with van der Waals surface area (Å²) in [6.07, 6.45) is 4.21. The Kier molecular flexibility index (Phi) is 2.60. The number of rotatable bonds is 4. The van der Waals surface area contributed by atoms with E-state index in [1.807, 2.05) is 12.1 Å². The standard InChI is InChI=1S/C9H9N3OS/c13-6-10-5-7-1-2-8(14-7)9-11-3-4-12-9/h1-4,6H,5H2,(H,10,13)(H,11,12). The molecule has 0 bridgehead atoms. The molecule has 0 aliphatic carbocycles. The van der Waals surface area contributed by atoms with Gasteiger partial charge in [0.2, 0.25) is 6.41 Å². The highest BCUT2D eigenvalue weighted by Gasteiger charge is 2.03. The normalized spacial score (nSPS) is 10.0. The van der Waals surface area contributed by atoms with E-state index in [1.165, 1.54) is 0 Å². The second-order valence-electron chi connectivity index (χ2n) is 2.70. The first-order chi connectivity index (χ1) is 6.90. The van der Waals surface area contributed by atoms with Gasteiger partial charge in [0.25, 0.3) is 0 Å². The molecule has 0 radical (unpaired) electrons. The molecule has 1 amide bonds. The molecule has 0 atom stereocenters. The zero-order valence-electron chi connectivity index (χ0n) is 7.36. The molecule has 2 heterocycles. The van der Waals surface area contributed by atoms with Crippen molar-refractivity contribution in [3.63, 3.8) is 0 Å². The predicted octanol–water partition coefficient (Wildman–Crippen LogP) is 1.38. The van der Waals surface area contributed by atoms with Crippen molar-refractivity contribution in [2.24, 2.45) is 0 Å². The van der Waals surface area contributed by atoms with Gasteiger partial charge in [0, 0.05) is 17.3 Å². The Morgan fingerprint density at radius 1 is 1.57 bits per heavy atom. The molecule has 2 N–H and O–H groups in total. The number of nitrogens with one attached hydrogen (secondary N) is 2. The number of H-pyrrole nitrogens is 1. The van der Waals surface area contributed by atoms with E-state index >= 15 is 0 Å². The molecule has 5 heteroatoms. The minimum Gasteiger partial charge on any atom is -0.354 e. The quantitative estimate of drug-likeness (QED) is 0.744. The molecule has 14 heavy (non-hydrogen) atoms. The van der Waals surface area contributed by atoms with Crippen LogP contribution in [0.15, 0.2) is 24.5 Å². The number of carbonyl (C=O) groups is 1. The van der Waals surface area contributed by atoms with Crippen molar-refractivity contribution in [2.75, 3.05) is 0 Å². The van der Waals surface area contributed by atoms with E-state index in [0.29, 0.717) is 13.0 Å². The van der Waals surface area contributed by atoms with Crippen LogP contribution in [-0.2, 0) is 11.3 Å². The fourth-order valence-electron chi connectivity index (χ4n) is 1.14. The number of imidazole rings is 1. The van der Waals surface area contributed by atoms with Gasteiger partial charge in [0.15, 0.2) is 0 Å². The fraction of sp³-hybridized carbons (Fsp3) is 0.111. The number of nitrogens with zero attached hydrogens (tertiary/aromatic N) is 1. The second kappa shape index (κ2) is 4.06. The molecule has 0 aliphatic heterocycles. The zero-order chi connectivity index (χ0) is 9.80. The highest BCUT2D eigenvalue weighted by atomic mass is 32.1. The van der Waals surface area contributed by atoms with Gasteiger partial charge in [-0.1, -0.05) is 0 Å². The van der Waals surface area contributed by atoms with Crippen LogP contribution in [-0.4, -0.2) is 16.4 Å². The van der Waals surface area contributed by atoms with E-state index in [1.54, 1.807) is 23.7 Å². The number of aromatic nitrogens is 2. The van der Waals surface area contributed by atoms with Crippen molar-refractivity contribution < 1.29 is 4.79 Å². The molecule has 2 rings (SSSR count). The van der Waals surface area contributed by atoms with E-state index in [2.05, 4.69) is 15.3 Å². The summed E-state index contributed by atoms with van der Waals surface area (Å²) in [5.41, 5.74) is 0. The Hall–Kier alpha value is -1.62. The van der Waals surface area contributed by atoms with E-state index in [-0.39, 0.29) is 0 Å². The summed E-state index contributed by atoms with van der Waals surface area (Å²) in [5, 5.41) is 2.62. The van der Waals surface area contributed by atoms with Crippen molar-refractivity contribution in [1.29, 1.82) is 0 Å². The maximum absolute atomic E-state index is 10.1. The van der Waals surface area contributed by atoms with Crippen molar-refractivity contribution in [2.45, 2.75) is 6.54 Å². The number of hydrogen-bond acceptors (Lipinski definition) is 3. The zero-order valence-corrected chi connectivity index (χ0v) is 8.17. The number of carbonyl (C=O) groups excluding carboxylic acids is 1. The number of aromatic amines is 1. The highest BCUT2D eigenvalue weighted by Crippen LogP contribution is 2.24. The second-order valence-corrected chi connectivity index (χ2v) is 3.87. The maximum atomic E-state index is 10.1. The van der Waals surface area contributed by atoms with E-state index in [4.69, 9.17) is 0 Å². The van der Waals surface area contributed by atoms with Crippen LogP contribution in [0.25, 0.3) is 10.7 Å². The Morgan fingerprint density at radius 3 is 3.21 bits per heavy atom. The predicted molar refractivity (Wildman–Crippen MR) is 54.8 cm³/mol. The van der Waals surface area contributed by atoms with Gasteiger partial charge in [-0.05, 0) is 12.1 Å². The summed E-state index contributed by atoms with van der Waals surface area (Å²) in [6.45, 7) is 0.578. The fourth-order valence-corrected chi connectivity index (χ4v) is 2.06. The van der Waals surface area contributed by atoms with Crippen LogP contribution in [0.4, 0.5) is 0 Å². The Balaban J connectivity index is 2.14. The molecular formula is C9H9N3OS. The first-order valence-electron chi connectivity index (χ1n) is 4.15. The monoisotopic (exact) mass is 207 g/mol. The average molecular weight is 207 g/mol. The minimum absolute atomic E-state index is 0.578. The summed E-state index contributed by atoms with van der Waals surface area (Å²) in [6, 6.07) is 3.98. The summed E-state index contributed by atoms with van der Waals surface area (Å²) >= 11 is 1.62. The van der Waals surface area contributed by atoms with Crippen LogP contribution >= 0.6 is 11.3 Å². The van der Waals surface area contributed by atoms with Crippen molar-refractivity contribution in [3.05, 3.63) is 29.4 Å². The van der Waals surface area contributed by atoms with E-state index in [0.717, 1.165) is 15.6 Å². The van der Waals surface area contributed by atoms with Gasteiger partial charge in [-0.3, -0.25) is 4.79 Å². The van der Waals surface area contributed by atoms with Crippen LogP contribution in [0.2, 0.25) is 0 Å². The van der Waals surface area contributed by atoms with Crippen molar-refractivity contribution in [1.82, 2.24) is 15.3 Å². The molecule has 72 valence electrons. The molecule has 0 unspecified atom stereocenters. The molecule has 0 aromatic carbocycles. The molecule has 0 saturated carbocycles. The molecule has 0 aliphatic rings. The SMILES string of the molecule is O=CNCc1ccc(-c2ncc[nH]2)s1. The average Bonchev–Trinajstić information content (AvgIpc) is 2.85. The van der Waals surface area contributed by atoms with Crippen LogP contribution in [0.3, 0.4) is 0 Å². The number of amides is 1. The number of hydrogen-bond donors (Lipinski definition) is 2.